The maximum absolute atomic E-state index is 12.3. The lowest BCUT2D eigenvalue weighted by Crippen LogP contribution is -2.33. The van der Waals surface area contributed by atoms with Gasteiger partial charge in [-0.25, -0.2) is 4.79 Å². The molecule has 2 aromatic carbocycles. The fraction of sp³-hybridized carbons (Fsp3) is 0.167. The molecule has 0 aliphatic carbocycles. The minimum Gasteiger partial charge on any atom is -0.482 e. The van der Waals surface area contributed by atoms with Crippen LogP contribution in [0.2, 0.25) is 0 Å². The van der Waals surface area contributed by atoms with Crippen molar-refractivity contribution in [2.45, 2.75) is 6.54 Å². The van der Waals surface area contributed by atoms with Crippen LogP contribution in [0.3, 0.4) is 0 Å². The van der Waals surface area contributed by atoms with Crippen molar-refractivity contribution in [3.05, 3.63) is 59.7 Å². The monoisotopic (exact) mass is 340 g/mol. The summed E-state index contributed by atoms with van der Waals surface area (Å²) in [7, 11) is 0. The summed E-state index contributed by atoms with van der Waals surface area (Å²) in [6, 6.07) is 13.7. The Hall–Kier alpha value is -3.35. The number of nitrogens with zero attached hydrogens (tertiary/aromatic N) is 1. The second-order valence-electron chi connectivity index (χ2n) is 5.58. The number of rotatable bonds is 6. The number of hydrogen-bond acceptors (Lipinski definition) is 4. The van der Waals surface area contributed by atoms with E-state index in [4.69, 9.17) is 9.84 Å². The molecule has 25 heavy (non-hydrogen) atoms. The second kappa shape index (κ2) is 7.04. The van der Waals surface area contributed by atoms with Gasteiger partial charge in [0.15, 0.2) is 6.61 Å². The Kier molecular flexibility index (Phi) is 4.65. The molecule has 1 aliphatic heterocycles. The largest absolute Gasteiger partial charge is 0.482 e. The van der Waals surface area contributed by atoms with Crippen LogP contribution in [-0.2, 0) is 16.1 Å². The molecular weight excluding hydrogens is 324 g/mol. The molecule has 2 amide bonds. The summed E-state index contributed by atoms with van der Waals surface area (Å²) in [5.74, 6) is -1.24. The molecule has 0 spiro atoms. The van der Waals surface area contributed by atoms with Gasteiger partial charge in [-0.1, -0.05) is 24.3 Å². The predicted octanol–water partition coefficient (Wildman–Crippen LogP) is 1.74. The van der Waals surface area contributed by atoms with E-state index >= 15 is 0 Å². The number of carbonyl (C=O) groups is 3. The van der Waals surface area contributed by atoms with Gasteiger partial charge in [-0.2, -0.15) is 0 Å². The van der Waals surface area contributed by atoms with Crippen LogP contribution in [0.4, 0.5) is 5.69 Å². The van der Waals surface area contributed by atoms with E-state index in [0.29, 0.717) is 23.5 Å². The Balaban J connectivity index is 1.59. The predicted molar refractivity (Wildman–Crippen MR) is 89.4 cm³/mol. The molecule has 0 bridgehead atoms. The fourth-order valence-corrected chi connectivity index (χ4v) is 2.62. The highest BCUT2D eigenvalue weighted by molar-refractivity contribution is 6.02. The average Bonchev–Trinajstić information content (AvgIpc) is 2.89. The molecule has 1 aliphatic rings. The molecule has 0 saturated heterocycles. The summed E-state index contributed by atoms with van der Waals surface area (Å²) in [6.45, 7) is -0.115. The highest BCUT2D eigenvalue weighted by Gasteiger charge is 2.28. The van der Waals surface area contributed by atoms with Gasteiger partial charge < -0.3 is 20.1 Å². The summed E-state index contributed by atoms with van der Waals surface area (Å²) in [6.07, 6.45) is 0. The first-order valence-corrected chi connectivity index (χ1v) is 7.64. The van der Waals surface area contributed by atoms with Gasteiger partial charge in [0.1, 0.15) is 12.3 Å². The van der Waals surface area contributed by atoms with Gasteiger partial charge in [0.2, 0.25) is 5.91 Å². The normalized spacial score (nSPS) is 12.6. The Bertz CT molecular complexity index is 834. The Morgan fingerprint density at radius 1 is 1.16 bits per heavy atom. The zero-order chi connectivity index (χ0) is 17.8. The summed E-state index contributed by atoms with van der Waals surface area (Å²) >= 11 is 0. The number of carbonyl (C=O) groups excluding carboxylic acids is 2. The number of carboxylic acids is 1. The number of nitrogens with one attached hydrogen (secondary N) is 1. The van der Waals surface area contributed by atoms with Crippen molar-refractivity contribution >= 4 is 23.5 Å². The van der Waals surface area contributed by atoms with Gasteiger partial charge in [-0.05, 0) is 23.8 Å². The van der Waals surface area contributed by atoms with Crippen LogP contribution in [0, 0.1) is 0 Å². The van der Waals surface area contributed by atoms with E-state index in [1.807, 2.05) is 12.1 Å². The van der Waals surface area contributed by atoms with Crippen LogP contribution in [-0.4, -0.2) is 40.9 Å². The molecule has 3 rings (SSSR count). The quantitative estimate of drug-likeness (QED) is 0.835. The topological polar surface area (TPSA) is 95.9 Å². The van der Waals surface area contributed by atoms with Crippen molar-refractivity contribution in [2.75, 3.05) is 18.5 Å². The third kappa shape index (κ3) is 3.95. The minimum atomic E-state index is -1.08. The van der Waals surface area contributed by atoms with Gasteiger partial charge in [0.25, 0.3) is 5.91 Å². The number of anilines is 1. The van der Waals surface area contributed by atoms with E-state index in [-0.39, 0.29) is 18.4 Å². The van der Waals surface area contributed by atoms with Crippen LogP contribution in [0.1, 0.15) is 15.9 Å². The standard InChI is InChI=1S/C18H16N2O5/c21-16(10-20-9-12-4-1-2-7-15(12)18(20)24)19-13-5-3-6-14(8-13)25-11-17(22)23/h1-8H,9-11H2,(H,19,21)(H,22,23). The van der Waals surface area contributed by atoms with Crippen molar-refractivity contribution in [1.82, 2.24) is 4.90 Å². The van der Waals surface area contributed by atoms with E-state index in [1.54, 1.807) is 30.3 Å². The number of fused-ring (bicyclic) bond motifs is 1. The van der Waals surface area contributed by atoms with E-state index in [9.17, 15) is 14.4 Å². The summed E-state index contributed by atoms with van der Waals surface area (Å²) in [5.41, 5.74) is 2.00. The Labute approximate surface area is 143 Å². The van der Waals surface area contributed by atoms with Gasteiger partial charge in [-0.3, -0.25) is 9.59 Å². The van der Waals surface area contributed by atoms with Gasteiger partial charge in [0.05, 0.1) is 0 Å². The number of amides is 2. The van der Waals surface area contributed by atoms with Gasteiger partial charge in [-0.15, -0.1) is 0 Å². The third-order valence-corrected chi connectivity index (χ3v) is 3.71. The maximum atomic E-state index is 12.3. The summed E-state index contributed by atoms with van der Waals surface area (Å²) in [4.78, 5) is 36.5. The minimum absolute atomic E-state index is 0.0618. The first-order chi connectivity index (χ1) is 12.0. The highest BCUT2D eigenvalue weighted by Crippen LogP contribution is 2.22. The smallest absolute Gasteiger partial charge is 0.341 e. The SMILES string of the molecule is O=C(O)COc1cccc(NC(=O)CN2Cc3ccccc3C2=O)c1. The molecule has 0 fully saturated rings. The molecule has 7 nitrogen and oxygen atoms in total. The van der Waals surface area contributed by atoms with E-state index in [2.05, 4.69) is 5.32 Å². The van der Waals surface area contributed by atoms with Crippen molar-refractivity contribution in [3.63, 3.8) is 0 Å². The van der Waals surface area contributed by atoms with Crippen molar-refractivity contribution in [3.8, 4) is 5.75 Å². The second-order valence-corrected chi connectivity index (χ2v) is 5.58. The van der Waals surface area contributed by atoms with Gasteiger partial charge in [0, 0.05) is 23.9 Å². The van der Waals surface area contributed by atoms with Crippen LogP contribution in [0.25, 0.3) is 0 Å². The van der Waals surface area contributed by atoms with E-state index < -0.39 is 12.6 Å². The average molecular weight is 340 g/mol. The molecule has 2 aromatic rings. The molecule has 2 N–H and O–H groups in total. The first-order valence-electron chi connectivity index (χ1n) is 7.64. The number of carboxylic acid groups (broad SMARTS) is 1. The van der Waals surface area contributed by atoms with E-state index in [0.717, 1.165) is 5.56 Å². The number of hydrogen-bond donors (Lipinski definition) is 2. The molecular formula is C18H16N2O5. The molecule has 128 valence electrons. The molecule has 0 radical (unpaired) electrons. The number of aliphatic carboxylic acids is 1. The fourth-order valence-electron chi connectivity index (χ4n) is 2.62. The van der Waals surface area contributed by atoms with Crippen molar-refractivity contribution < 1.29 is 24.2 Å². The lowest BCUT2D eigenvalue weighted by molar-refractivity contribution is -0.139. The van der Waals surface area contributed by atoms with Crippen molar-refractivity contribution in [1.29, 1.82) is 0 Å². The van der Waals surface area contributed by atoms with Crippen LogP contribution >= 0.6 is 0 Å². The van der Waals surface area contributed by atoms with Crippen LogP contribution in [0.15, 0.2) is 48.5 Å². The molecule has 1 heterocycles. The zero-order valence-electron chi connectivity index (χ0n) is 13.3. The molecule has 0 unspecified atom stereocenters. The van der Waals surface area contributed by atoms with E-state index in [1.165, 1.54) is 11.0 Å². The first kappa shape index (κ1) is 16.5. The Morgan fingerprint density at radius 3 is 2.72 bits per heavy atom. The maximum Gasteiger partial charge on any atom is 0.341 e. The lowest BCUT2D eigenvalue weighted by Gasteiger charge is -2.15. The zero-order valence-corrected chi connectivity index (χ0v) is 13.3. The third-order valence-electron chi connectivity index (χ3n) is 3.71. The highest BCUT2D eigenvalue weighted by atomic mass is 16.5. The molecule has 0 atom stereocenters. The molecule has 0 aromatic heterocycles. The van der Waals surface area contributed by atoms with Crippen molar-refractivity contribution in [2.24, 2.45) is 0 Å². The van der Waals surface area contributed by atoms with Crippen LogP contribution in [0.5, 0.6) is 5.75 Å². The van der Waals surface area contributed by atoms with Crippen LogP contribution < -0.4 is 10.1 Å². The molecule has 0 saturated carbocycles. The Morgan fingerprint density at radius 2 is 1.96 bits per heavy atom. The summed E-state index contributed by atoms with van der Waals surface area (Å²) in [5, 5.41) is 11.3. The molecule has 7 heteroatoms. The summed E-state index contributed by atoms with van der Waals surface area (Å²) < 4.78 is 5.07. The van der Waals surface area contributed by atoms with Gasteiger partial charge >= 0.3 is 5.97 Å². The lowest BCUT2D eigenvalue weighted by atomic mass is 10.1. The number of benzene rings is 2. The number of ether oxygens (including phenoxy) is 1.